The lowest BCUT2D eigenvalue weighted by Gasteiger charge is -2.14. The first-order valence-electron chi connectivity index (χ1n) is 14.9. The number of carbonyl (C=O) groups is 3. The molecule has 0 aliphatic heterocycles. The molecule has 0 atom stereocenters. The van der Waals surface area contributed by atoms with Gasteiger partial charge in [-0.05, 0) is 73.9 Å². The summed E-state index contributed by atoms with van der Waals surface area (Å²) in [5.74, 6) is 1.55. The molecular formula is C34H41N3O10. The average Bonchev–Trinajstić information content (AvgIpc) is 3.09. The quantitative estimate of drug-likeness (QED) is 0.0646. The molecule has 2 N–H and O–H groups in total. The monoisotopic (exact) mass is 651 g/mol. The Bertz CT molecular complexity index is 1530. The second-order valence-corrected chi connectivity index (χ2v) is 9.87. The topological polar surface area (TPSA) is 152 Å². The molecule has 3 aromatic carbocycles. The van der Waals surface area contributed by atoms with Crippen molar-refractivity contribution in [1.29, 1.82) is 0 Å². The number of rotatable bonds is 18. The maximum Gasteiger partial charge on any atom is 0.343 e. The molecule has 0 unspecified atom stereocenters. The van der Waals surface area contributed by atoms with Crippen LogP contribution in [0.5, 0.6) is 40.2 Å². The number of hydrazone groups is 1. The molecule has 3 rings (SSSR count). The van der Waals surface area contributed by atoms with Crippen LogP contribution in [0, 0.1) is 0 Å². The van der Waals surface area contributed by atoms with Gasteiger partial charge < -0.3 is 38.5 Å². The fourth-order valence-corrected chi connectivity index (χ4v) is 4.42. The van der Waals surface area contributed by atoms with Gasteiger partial charge in [-0.15, -0.1) is 0 Å². The molecule has 0 heterocycles. The van der Waals surface area contributed by atoms with Crippen molar-refractivity contribution in [2.24, 2.45) is 5.10 Å². The van der Waals surface area contributed by atoms with Crippen LogP contribution in [0.1, 0.15) is 58.9 Å². The third-order valence-electron chi connectivity index (χ3n) is 6.79. The minimum Gasteiger partial charge on any atom is -0.493 e. The van der Waals surface area contributed by atoms with E-state index in [0.717, 1.165) is 6.42 Å². The second kappa shape index (κ2) is 18.5. The van der Waals surface area contributed by atoms with E-state index >= 15 is 0 Å². The van der Waals surface area contributed by atoms with Gasteiger partial charge >= 0.3 is 5.97 Å². The van der Waals surface area contributed by atoms with Crippen LogP contribution >= 0.6 is 0 Å². The number of hydrogen-bond donors (Lipinski definition) is 2. The molecule has 0 aromatic heterocycles. The highest BCUT2D eigenvalue weighted by atomic mass is 16.6. The highest BCUT2D eigenvalue weighted by Crippen LogP contribution is 2.38. The standard InChI is InChI=1S/C34H41N3O10/c1-7-46-28-17-22(12-14-26(28)47-34(40)23-13-15-25(41-2)27(18-23)42-3)21-36-37-31(38)11-9-8-10-16-35-33(39)24-19-29(43-4)32(45-6)30(20-24)44-5/h12-15,17-21H,7-11,16H2,1-6H3,(H,35,39)(H,37,38). The summed E-state index contributed by atoms with van der Waals surface area (Å²) in [6.45, 7) is 2.59. The molecule has 0 saturated carbocycles. The predicted molar refractivity (Wildman–Crippen MR) is 175 cm³/mol. The van der Waals surface area contributed by atoms with E-state index in [1.165, 1.54) is 47.8 Å². The van der Waals surface area contributed by atoms with Crippen LogP contribution in [0.15, 0.2) is 53.6 Å². The first kappa shape index (κ1) is 36.0. The molecule has 0 spiro atoms. The summed E-state index contributed by atoms with van der Waals surface area (Å²) >= 11 is 0. The van der Waals surface area contributed by atoms with Gasteiger partial charge in [0.15, 0.2) is 34.5 Å². The number of hydrogen-bond acceptors (Lipinski definition) is 11. The number of nitrogens with one attached hydrogen (secondary N) is 2. The van der Waals surface area contributed by atoms with Crippen LogP contribution < -0.4 is 43.9 Å². The van der Waals surface area contributed by atoms with Crippen LogP contribution in [0.3, 0.4) is 0 Å². The molecule has 2 amide bonds. The van der Waals surface area contributed by atoms with Gasteiger partial charge in [-0.2, -0.15) is 5.10 Å². The predicted octanol–water partition coefficient (Wildman–Crippen LogP) is 4.79. The van der Waals surface area contributed by atoms with Crippen molar-refractivity contribution in [2.75, 3.05) is 48.7 Å². The Morgan fingerprint density at radius 2 is 1.36 bits per heavy atom. The van der Waals surface area contributed by atoms with E-state index in [-0.39, 0.29) is 29.5 Å². The summed E-state index contributed by atoms with van der Waals surface area (Å²) in [7, 11) is 7.46. The van der Waals surface area contributed by atoms with Crippen LogP contribution in [-0.4, -0.2) is 72.7 Å². The molecule has 3 aromatic rings. The minimum absolute atomic E-state index is 0.229. The number of carbonyl (C=O) groups excluding carboxylic acids is 3. The Kier molecular flexibility index (Phi) is 14.2. The normalized spacial score (nSPS) is 10.6. The maximum absolute atomic E-state index is 12.8. The minimum atomic E-state index is -0.596. The summed E-state index contributed by atoms with van der Waals surface area (Å²) in [6, 6.07) is 12.8. The smallest absolute Gasteiger partial charge is 0.343 e. The zero-order chi connectivity index (χ0) is 34.2. The lowest BCUT2D eigenvalue weighted by atomic mass is 10.1. The number of esters is 1. The Labute approximate surface area is 274 Å². The summed E-state index contributed by atoms with van der Waals surface area (Å²) in [4.78, 5) is 37.7. The van der Waals surface area contributed by atoms with Gasteiger partial charge in [0.25, 0.3) is 5.91 Å². The number of amides is 2. The lowest BCUT2D eigenvalue weighted by Crippen LogP contribution is -2.24. The van der Waals surface area contributed by atoms with Gasteiger partial charge in [0, 0.05) is 18.5 Å². The number of unbranched alkanes of at least 4 members (excludes halogenated alkanes) is 2. The Morgan fingerprint density at radius 3 is 2.00 bits per heavy atom. The van der Waals surface area contributed by atoms with Gasteiger partial charge in [-0.25, -0.2) is 10.2 Å². The van der Waals surface area contributed by atoms with Gasteiger partial charge in [0.2, 0.25) is 11.7 Å². The molecule has 0 saturated heterocycles. The van der Waals surface area contributed by atoms with Crippen LogP contribution in [0.25, 0.3) is 0 Å². The molecule has 0 radical (unpaired) electrons. The molecule has 0 bridgehead atoms. The van der Waals surface area contributed by atoms with Crippen molar-refractivity contribution in [2.45, 2.75) is 32.6 Å². The maximum atomic E-state index is 12.8. The molecule has 13 nitrogen and oxygen atoms in total. The first-order valence-corrected chi connectivity index (χ1v) is 14.9. The number of nitrogens with zero attached hydrogens (tertiary/aromatic N) is 1. The highest BCUT2D eigenvalue weighted by Gasteiger charge is 2.18. The highest BCUT2D eigenvalue weighted by molar-refractivity contribution is 5.95. The van der Waals surface area contributed by atoms with E-state index in [1.54, 1.807) is 42.5 Å². The van der Waals surface area contributed by atoms with Crippen molar-refractivity contribution < 1.29 is 47.5 Å². The Balaban J connectivity index is 1.44. The molecular weight excluding hydrogens is 610 g/mol. The van der Waals surface area contributed by atoms with E-state index in [1.807, 2.05) is 6.92 Å². The van der Waals surface area contributed by atoms with E-state index in [9.17, 15) is 14.4 Å². The van der Waals surface area contributed by atoms with Crippen LogP contribution in [-0.2, 0) is 4.79 Å². The summed E-state index contributed by atoms with van der Waals surface area (Å²) in [6.07, 6.45) is 3.78. The zero-order valence-electron chi connectivity index (χ0n) is 27.5. The Hall–Kier alpha value is -5.46. The lowest BCUT2D eigenvalue weighted by molar-refractivity contribution is -0.121. The van der Waals surface area contributed by atoms with Gasteiger partial charge in [0.1, 0.15) is 0 Å². The number of ether oxygens (including phenoxy) is 7. The van der Waals surface area contributed by atoms with Crippen LogP contribution in [0.2, 0.25) is 0 Å². The van der Waals surface area contributed by atoms with E-state index in [2.05, 4.69) is 15.8 Å². The number of benzene rings is 3. The Morgan fingerprint density at radius 1 is 0.702 bits per heavy atom. The zero-order valence-corrected chi connectivity index (χ0v) is 27.5. The summed E-state index contributed by atoms with van der Waals surface area (Å²) in [5, 5.41) is 6.89. The molecule has 13 heteroatoms. The molecule has 47 heavy (non-hydrogen) atoms. The van der Waals surface area contributed by atoms with Crippen molar-refractivity contribution in [1.82, 2.24) is 10.7 Å². The van der Waals surface area contributed by atoms with E-state index in [4.69, 9.17) is 33.2 Å². The average molecular weight is 652 g/mol. The third kappa shape index (κ3) is 10.3. The van der Waals surface area contributed by atoms with Crippen molar-refractivity contribution in [3.8, 4) is 40.2 Å². The van der Waals surface area contributed by atoms with Gasteiger partial charge in [0.05, 0.1) is 53.9 Å². The van der Waals surface area contributed by atoms with Gasteiger partial charge in [-0.1, -0.05) is 6.42 Å². The first-order chi connectivity index (χ1) is 22.8. The van der Waals surface area contributed by atoms with E-state index in [0.29, 0.717) is 71.6 Å². The largest absolute Gasteiger partial charge is 0.493 e. The molecule has 252 valence electrons. The molecule has 0 fully saturated rings. The van der Waals surface area contributed by atoms with Crippen LogP contribution in [0.4, 0.5) is 0 Å². The van der Waals surface area contributed by atoms with Crippen molar-refractivity contribution >= 4 is 24.0 Å². The van der Waals surface area contributed by atoms with Gasteiger partial charge in [-0.3, -0.25) is 9.59 Å². The summed E-state index contributed by atoms with van der Waals surface area (Å²) in [5.41, 5.74) is 3.80. The second-order valence-electron chi connectivity index (χ2n) is 9.87. The van der Waals surface area contributed by atoms with Crippen molar-refractivity contribution in [3.63, 3.8) is 0 Å². The SMILES string of the molecule is CCOc1cc(C=NNC(=O)CCCCCNC(=O)c2cc(OC)c(OC)c(OC)c2)ccc1OC(=O)c1ccc(OC)c(OC)c1. The number of methoxy groups -OCH3 is 5. The summed E-state index contributed by atoms with van der Waals surface area (Å²) < 4.78 is 37.6. The van der Waals surface area contributed by atoms with E-state index < -0.39 is 5.97 Å². The van der Waals surface area contributed by atoms with Crippen molar-refractivity contribution in [3.05, 3.63) is 65.2 Å². The third-order valence-corrected chi connectivity index (χ3v) is 6.79. The fourth-order valence-electron chi connectivity index (χ4n) is 4.42. The fraction of sp³-hybridized carbons (Fsp3) is 0.353. The molecule has 0 aliphatic rings. The molecule has 0 aliphatic carbocycles.